The average molecular weight is 275 g/mol. The standard InChI is InChI=1S/C15H21N3O2/c1-19-13-8-11-12(9-14(13)20-2)18-15(17-11)7-10-3-5-16-6-4-10/h8-10,16H,3-7H2,1-2H3,(H,17,18). The Hall–Kier alpha value is -1.75. The van der Waals surface area contributed by atoms with Crippen LogP contribution in [0.2, 0.25) is 0 Å². The number of piperidine rings is 1. The van der Waals surface area contributed by atoms with Gasteiger partial charge in [0.25, 0.3) is 0 Å². The number of hydrogen-bond donors (Lipinski definition) is 2. The molecule has 0 saturated carbocycles. The molecule has 1 saturated heterocycles. The largest absolute Gasteiger partial charge is 0.493 e. The minimum Gasteiger partial charge on any atom is -0.493 e. The Kier molecular flexibility index (Phi) is 3.78. The third kappa shape index (κ3) is 2.58. The molecule has 0 atom stereocenters. The molecule has 0 unspecified atom stereocenters. The van der Waals surface area contributed by atoms with Gasteiger partial charge in [-0.15, -0.1) is 0 Å². The van der Waals surface area contributed by atoms with Crippen molar-refractivity contribution in [2.75, 3.05) is 27.3 Å². The van der Waals surface area contributed by atoms with Crippen molar-refractivity contribution in [3.63, 3.8) is 0 Å². The summed E-state index contributed by atoms with van der Waals surface area (Å²) in [5.41, 5.74) is 1.94. The monoisotopic (exact) mass is 275 g/mol. The van der Waals surface area contributed by atoms with E-state index in [0.717, 1.165) is 53.8 Å². The molecule has 1 aromatic heterocycles. The highest BCUT2D eigenvalue weighted by molar-refractivity contribution is 5.79. The second-order valence-electron chi connectivity index (χ2n) is 5.31. The molecule has 1 aliphatic rings. The molecule has 0 bridgehead atoms. The van der Waals surface area contributed by atoms with Gasteiger partial charge in [-0.05, 0) is 31.8 Å². The normalized spacial score (nSPS) is 16.5. The lowest BCUT2D eigenvalue weighted by molar-refractivity contribution is 0.356. The van der Waals surface area contributed by atoms with Crippen LogP contribution in [0.3, 0.4) is 0 Å². The summed E-state index contributed by atoms with van der Waals surface area (Å²) in [7, 11) is 3.29. The quantitative estimate of drug-likeness (QED) is 0.897. The smallest absolute Gasteiger partial charge is 0.163 e. The molecule has 3 rings (SSSR count). The van der Waals surface area contributed by atoms with Gasteiger partial charge in [-0.3, -0.25) is 0 Å². The fraction of sp³-hybridized carbons (Fsp3) is 0.533. The first-order valence-electron chi connectivity index (χ1n) is 7.11. The number of nitrogens with one attached hydrogen (secondary N) is 2. The second kappa shape index (κ2) is 5.71. The molecular formula is C15H21N3O2. The van der Waals surface area contributed by atoms with E-state index < -0.39 is 0 Å². The van der Waals surface area contributed by atoms with Gasteiger partial charge in [0.2, 0.25) is 0 Å². The molecule has 108 valence electrons. The van der Waals surface area contributed by atoms with E-state index in [0.29, 0.717) is 0 Å². The minimum atomic E-state index is 0.722. The van der Waals surface area contributed by atoms with E-state index in [4.69, 9.17) is 9.47 Å². The maximum Gasteiger partial charge on any atom is 0.163 e. The summed E-state index contributed by atoms with van der Waals surface area (Å²) in [6.07, 6.45) is 3.47. The predicted octanol–water partition coefficient (Wildman–Crippen LogP) is 2.12. The van der Waals surface area contributed by atoms with E-state index in [1.54, 1.807) is 14.2 Å². The van der Waals surface area contributed by atoms with Gasteiger partial charge < -0.3 is 19.8 Å². The van der Waals surface area contributed by atoms with Crippen molar-refractivity contribution >= 4 is 11.0 Å². The van der Waals surface area contributed by atoms with Crippen LogP contribution in [0.25, 0.3) is 11.0 Å². The van der Waals surface area contributed by atoms with Crippen LogP contribution in [-0.2, 0) is 6.42 Å². The number of methoxy groups -OCH3 is 2. The Morgan fingerprint density at radius 3 is 2.55 bits per heavy atom. The Bertz CT molecular complexity index is 547. The van der Waals surface area contributed by atoms with Crippen molar-refractivity contribution in [1.82, 2.24) is 15.3 Å². The van der Waals surface area contributed by atoms with Crippen molar-refractivity contribution < 1.29 is 9.47 Å². The van der Waals surface area contributed by atoms with Gasteiger partial charge in [-0.2, -0.15) is 0 Å². The van der Waals surface area contributed by atoms with Crippen molar-refractivity contribution in [2.45, 2.75) is 19.3 Å². The molecule has 0 radical (unpaired) electrons. The van der Waals surface area contributed by atoms with Gasteiger partial charge >= 0.3 is 0 Å². The summed E-state index contributed by atoms with van der Waals surface area (Å²) in [5.74, 6) is 3.24. The number of rotatable bonds is 4. The summed E-state index contributed by atoms with van der Waals surface area (Å²) < 4.78 is 10.6. The Labute approximate surface area is 118 Å². The third-order valence-corrected chi connectivity index (χ3v) is 3.98. The highest BCUT2D eigenvalue weighted by Crippen LogP contribution is 2.31. The van der Waals surface area contributed by atoms with Crippen LogP contribution >= 0.6 is 0 Å². The zero-order valence-electron chi connectivity index (χ0n) is 12.0. The topological polar surface area (TPSA) is 59.2 Å². The van der Waals surface area contributed by atoms with Crippen molar-refractivity contribution in [2.24, 2.45) is 5.92 Å². The van der Waals surface area contributed by atoms with Gasteiger partial charge in [0.1, 0.15) is 5.82 Å². The number of hydrogen-bond acceptors (Lipinski definition) is 4. The minimum absolute atomic E-state index is 0.722. The van der Waals surface area contributed by atoms with Crippen LogP contribution in [0.5, 0.6) is 11.5 Å². The zero-order valence-corrected chi connectivity index (χ0v) is 12.0. The number of nitrogens with zero attached hydrogens (tertiary/aromatic N) is 1. The Morgan fingerprint density at radius 1 is 1.15 bits per heavy atom. The fourth-order valence-corrected chi connectivity index (χ4v) is 2.85. The second-order valence-corrected chi connectivity index (χ2v) is 5.31. The highest BCUT2D eigenvalue weighted by Gasteiger charge is 2.16. The maximum absolute atomic E-state index is 5.32. The molecule has 1 fully saturated rings. The van der Waals surface area contributed by atoms with Gasteiger partial charge in [0, 0.05) is 18.6 Å². The van der Waals surface area contributed by atoms with E-state index in [1.165, 1.54) is 12.8 Å². The summed E-state index contributed by atoms with van der Waals surface area (Å²) in [6, 6.07) is 3.88. The highest BCUT2D eigenvalue weighted by atomic mass is 16.5. The molecule has 2 heterocycles. The van der Waals surface area contributed by atoms with Gasteiger partial charge in [-0.1, -0.05) is 0 Å². The van der Waals surface area contributed by atoms with Crippen molar-refractivity contribution in [1.29, 1.82) is 0 Å². The first-order valence-corrected chi connectivity index (χ1v) is 7.11. The van der Waals surface area contributed by atoms with Gasteiger partial charge in [0.15, 0.2) is 11.5 Å². The Morgan fingerprint density at radius 2 is 1.85 bits per heavy atom. The lowest BCUT2D eigenvalue weighted by atomic mass is 9.94. The molecule has 0 aliphatic carbocycles. The fourth-order valence-electron chi connectivity index (χ4n) is 2.85. The van der Waals surface area contributed by atoms with E-state index in [9.17, 15) is 0 Å². The number of aromatic nitrogens is 2. The van der Waals surface area contributed by atoms with Gasteiger partial charge in [0.05, 0.1) is 25.3 Å². The molecule has 20 heavy (non-hydrogen) atoms. The molecule has 5 nitrogen and oxygen atoms in total. The van der Waals surface area contributed by atoms with Crippen LogP contribution < -0.4 is 14.8 Å². The number of fused-ring (bicyclic) bond motifs is 1. The molecule has 5 heteroatoms. The molecule has 1 aromatic carbocycles. The lowest BCUT2D eigenvalue weighted by Gasteiger charge is -2.21. The summed E-state index contributed by atoms with van der Waals surface area (Å²) in [4.78, 5) is 8.08. The van der Waals surface area contributed by atoms with E-state index in [-0.39, 0.29) is 0 Å². The zero-order chi connectivity index (χ0) is 13.9. The molecule has 2 aromatic rings. The number of aromatic amines is 1. The first kappa shape index (κ1) is 13.2. The van der Waals surface area contributed by atoms with Crippen LogP contribution in [0.15, 0.2) is 12.1 Å². The summed E-state index contributed by atoms with van der Waals surface area (Å²) in [6.45, 7) is 2.24. The van der Waals surface area contributed by atoms with Crippen LogP contribution in [0, 0.1) is 5.92 Å². The van der Waals surface area contributed by atoms with Gasteiger partial charge in [-0.25, -0.2) is 4.98 Å². The summed E-state index contributed by atoms with van der Waals surface area (Å²) >= 11 is 0. The third-order valence-electron chi connectivity index (χ3n) is 3.98. The molecule has 2 N–H and O–H groups in total. The van der Waals surface area contributed by atoms with E-state index >= 15 is 0 Å². The molecule has 1 aliphatic heterocycles. The molecular weight excluding hydrogens is 254 g/mol. The lowest BCUT2D eigenvalue weighted by Crippen LogP contribution is -2.28. The van der Waals surface area contributed by atoms with Crippen molar-refractivity contribution in [3.05, 3.63) is 18.0 Å². The van der Waals surface area contributed by atoms with Crippen LogP contribution in [0.4, 0.5) is 0 Å². The van der Waals surface area contributed by atoms with Crippen molar-refractivity contribution in [3.8, 4) is 11.5 Å². The number of imidazole rings is 1. The Balaban J connectivity index is 1.85. The number of ether oxygens (including phenoxy) is 2. The number of benzene rings is 1. The van der Waals surface area contributed by atoms with E-state index in [2.05, 4.69) is 15.3 Å². The predicted molar refractivity (Wildman–Crippen MR) is 78.5 cm³/mol. The van der Waals surface area contributed by atoms with Crippen LogP contribution in [-0.4, -0.2) is 37.3 Å². The van der Waals surface area contributed by atoms with E-state index in [1.807, 2.05) is 12.1 Å². The molecule has 0 amide bonds. The SMILES string of the molecule is COc1cc2nc(CC3CCNCC3)[nH]c2cc1OC. The maximum atomic E-state index is 5.32. The first-order chi connectivity index (χ1) is 9.80. The molecule has 0 spiro atoms. The van der Waals surface area contributed by atoms with Crippen LogP contribution in [0.1, 0.15) is 18.7 Å². The number of H-pyrrole nitrogens is 1. The average Bonchev–Trinajstić information content (AvgIpc) is 2.87. The summed E-state index contributed by atoms with van der Waals surface area (Å²) in [5, 5.41) is 3.39.